The lowest BCUT2D eigenvalue weighted by Gasteiger charge is -2.28. The van der Waals surface area contributed by atoms with Gasteiger partial charge in [-0.15, -0.1) is 0 Å². The van der Waals surface area contributed by atoms with Crippen LogP contribution in [-0.4, -0.2) is 13.1 Å². The Morgan fingerprint density at radius 2 is 1.84 bits per heavy atom. The van der Waals surface area contributed by atoms with Gasteiger partial charge in [-0.1, -0.05) is 0 Å². The average Bonchev–Trinajstić information content (AvgIpc) is 2.47. The summed E-state index contributed by atoms with van der Waals surface area (Å²) in [5, 5.41) is 17.3. The van der Waals surface area contributed by atoms with Gasteiger partial charge in [0, 0.05) is 24.3 Å². The molecule has 1 aliphatic rings. The van der Waals surface area contributed by atoms with E-state index < -0.39 is 5.82 Å². The molecule has 1 heterocycles. The molecule has 0 aliphatic carbocycles. The third-order valence-electron chi connectivity index (χ3n) is 3.25. The van der Waals surface area contributed by atoms with Crippen LogP contribution >= 0.6 is 0 Å². The van der Waals surface area contributed by atoms with Crippen LogP contribution in [0.4, 0.5) is 10.1 Å². The first-order chi connectivity index (χ1) is 9.24. The number of anilines is 1. The van der Waals surface area contributed by atoms with Gasteiger partial charge < -0.3 is 4.90 Å². The van der Waals surface area contributed by atoms with Crippen molar-refractivity contribution in [3.63, 3.8) is 0 Å². The molecular formula is C15H14FN3. The molecule has 1 saturated heterocycles. The Bertz CT molecular complexity index is 556. The maximum Gasteiger partial charge on any atom is 0.132 e. The highest BCUT2D eigenvalue weighted by Crippen LogP contribution is 2.23. The van der Waals surface area contributed by atoms with E-state index in [4.69, 9.17) is 10.5 Å². The van der Waals surface area contributed by atoms with Crippen molar-refractivity contribution in [1.82, 2.24) is 0 Å². The van der Waals surface area contributed by atoms with E-state index in [0.29, 0.717) is 0 Å². The number of piperidine rings is 1. The van der Waals surface area contributed by atoms with Gasteiger partial charge in [-0.3, -0.25) is 0 Å². The minimum Gasteiger partial charge on any atom is -0.371 e. The van der Waals surface area contributed by atoms with Gasteiger partial charge in [-0.05, 0) is 43.5 Å². The summed E-state index contributed by atoms with van der Waals surface area (Å²) < 4.78 is 13.9. The number of allylic oxidation sites excluding steroid dienone is 1. The van der Waals surface area contributed by atoms with Gasteiger partial charge in [0.1, 0.15) is 23.5 Å². The molecule has 0 saturated carbocycles. The first kappa shape index (κ1) is 13.1. The second-order valence-corrected chi connectivity index (χ2v) is 4.54. The van der Waals surface area contributed by atoms with Crippen molar-refractivity contribution in [2.24, 2.45) is 0 Å². The maximum atomic E-state index is 13.9. The van der Waals surface area contributed by atoms with Gasteiger partial charge in [-0.2, -0.15) is 10.5 Å². The molecule has 0 unspecified atom stereocenters. The van der Waals surface area contributed by atoms with Crippen molar-refractivity contribution >= 4 is 11.8 Å². The number of hydrogen-bond acceptors (Lipinski definition) is 3. The van der Waals surface area contributed by atoms with Crippen molar-refractivity contribution in [1.29, 1.82) is 10.5 Å². The molecule has 0 N–H and O–H groups in total. The summed E-state index contributed by atoms with van der Waals surface area (Å²) >= 11 is 0. The molecule has 1 aliphatic heterocycles. The van der Waals surface area contributed by atoms with E-state index >= 15 is 0 Å². The lowest BCUT2D eigenvalue weighted by Crippen LogP contribution is -2.29. The zero-order valence-electron chi connectivity index (χ0n) is 10.6. The summed E-state index contributed by atoms with van der Waals surface area (Å²) in [6, 6.07) is 8.39. The normalized spacial score (nSPS) is 14.4. The molecule has 0 amide bonds. The molecule has 0 bridgehead atoms. The number of rotatable bonds is 2. The van der Waals surface area contributed by atoms with Crippen molar-refractivity contribution in [3.05, 3.63) is 35.2 Å². The van der Waals surface area contributed by atoms with E-state index in [1.165, 1.54) is 18.6 Å². The van der Waals surface area contributed by atoms with Crippen LogP contribution in [-0.2, 0) is 0 Å². The minimum absolute atomic E-state index is 0.0929. The summed E-state index contributed by atoms with van der Waals surface area (Å²) in [7, 11) is 0. The second-order valence-electron chi connectivity index (χ2n) is 4.54. The number of nitriles is 2. The van der Waals surface area contributed by atoms with Crippen molar-refractivity contribution < 1.29 is 4.39 Å². The summed E-state index contributed by atoms with van der Waals surface area (Å²) in [6.07, 6.45) is 4.77. The van der Waals surface area contributed by atoms with Gasteiger partial charge in [-0.25, -0.2) is 4.39 Å². The highest BCUT2D eigenvalue weighted by atomic mass is 19.1. The van der Waals surface area contributed by atoms with Gasteiger partial charge in [0.05, 0.1) is 0 Å². The molecular weight excluding hydrogens is 241 g/mol. The van der Waals surface area contributed by atoms with E-state index in [1.54, 1.807) is 18.2 Å². The Labute approximate surface area is 112 Å². The maximum absolute atomic E-state index is 13.9. The molecule has 1 aromatic carbocycles. The molecule has 0 spiro atoms. The Morgan fingerprint density at radius 3 is 2.42 bits per heavy atom. The molecule has 1 fully saturated rings. The largest absolute Gasteiger partial charge is 0.371 e. The summed E-state index contributed by atoms with van der Waals surface area (Å²) in [5.74, 6) is -0.397. The van der Waals surface area contributed by atoms with Gasteiger partial charge in [0.2, 0.25) is 0 Å². The summed E-state index contributed by atoms with van der Waals surface area (Å²) in [5.41, 5.74) is 1.05. The topological polar surface area (TPSA) is 50.8 Å². The molecule has 1 aromatic rings. The molecule has 0 atom stereocenters. The van der Waals surface area contributed by atoms with Crippen LogP contribution in [0.5, 0.6) is 0 Å². The van der Waals surface area contributed by atoms with Crippen LogP contribution in [0.2, 0.25) is 0 Å². The lowest BCUT2D eigenvalue weighted by molar-refractivity contribution is 0.574. The van der Waals surface area contributed by atoms with Crippen LogP contribution in [0.15, 0.2) is 23.8 Å². The molecule has 19 heavy (non-hydrogen) atoms. The van der Waals surface area contributed by atoms with Crippen molar-refractivity contribution in [2.75, 3.05) is 18.0 Å². The molecule has 96 valence electrons. The van der Waals surface area contributed by atoms with Gasteiger partial charge in [0.15, 0.2) is 0 Å². The van der Waals surface area contributed by atoms with E-state index in [9.17, 15) is 4.39 Å². The third kappa shape index (κ3) is 3.11. The average molecular weight is 255 g/mol. The number of halogens is 1. The monoisotopic (exact) mass is 255 g/mol. The summed E-state index contributed by atoms with van der Waals surface area (Å²) in [4.78, 5) is 2.16. The molecule has 0 aromatic heterocycles. The Morgan fingerprint density at radius 1 is 1.16 bits per heavy atom. The van der Waals surface area contributed by atoms with E-state index in [-0.39, 0.29) is 11.1 Å². The quantitative estimate of drug-likeness (QED) is 0.762. The number of benzene rings is 1. The fourth-order valence-electron chi connectivity index (χ4n) is 2.23. The van der Waals surface area contributed by atoms with Gasteiger partial charge in [0.25, 0.3) is 0 Å². The van der Waals surface area contributed by atoms with Crippen LogP contribution in [0, 0.1) is 28.5 Å². The van der Waals surface area contributed by atoms with Crippen molar-refractivity contribution in [3.8, 4) is 12.1 Å². The van der Waals surface area contributed by atoms with E-state index in [2.05, 4.69) is 4.90 Å². The first-order valence-corrected chi connectivity index (χ1v) is 6.31. The fourth-order valence-corrected chi connectivity index (χ4v) is 2.23. The fraction of sp³-hybridized carbons (Fsp3) is 0.333. The van der Waals surface area contributed by atoms with Crippen LogP contribution in [0.1, 0.15) is 24.8 Å². The third-order valence-corrected chi connectivity index (χ3v) is 3.25. The Kier molecular flexibility index (Phi) is 4.15. The molecule has 2 rings (SSSR count). The Hall–Kier alpha value is -2.33. The van der Waals surface area contributed by atoms with E-state index in [0.717, 1.165) is 31.6 Å². The molecule has 0 radical (unpaired) electrons. The first-order valence-electron chi connectivity index (χ1n) is 6.31. The second kappa shape index (κ2) is 6.02. The predicted octanol–water partition coefficient (Wildman–Crippen LogP) is 3.25. The number of nitrogens with zero attached hydrogens (tertiary/aromatic N) is 3. The standard InChI is InChI=1S/C15H14FN3/c16-15-9-14(19-6-2-1-3-7-19)5-4-13(15)8-12(10-17)11-18/h4-5,8-9H,1-3,6-7H2. The Balaban J connectivity index is 2.25. The number of hydrogen-bond donors (Lipinski definition) is 0. The van der Waals surface area contributed by atoms with Crippen LogP contribution in [0.25, 0.3) is 6.08 Å². The SMILES string of the molecule is N#CC(C#N)=Cc1ccc(N2CCCCC2)cc1F. The minimum atomic E-state index is -0.397. The predicted molar refractivity (Wildman–Crippen MR) is 71.7 cm³/mol. The zero-order valence-corrected chi connectivity index (χ0v) is 10.6. The highest BCUT2D eigenvalue weighted by Gasteiger charge is 2.12. The highest BCUT2D eigenvalue weighted by molar-refractivity contribution is 5.64. The van der Waals surface area contributed by atoms with Gasteiger partial charge >= 0.3 is 0 Å². The molecule has 3 nitrogen and oxygen atoms in total. The van der Waals surface area contributed by atoms with Crippen LogP contribution in [0.3, 0.4) is 0 Å². The van der Waals surface area contributed by atoms with E-state index in [1.807, 2.05) is 6.07 Å². The van der Waals surface area contributed by atoms with Crippen LogP contribution < -0.4 is 4.90 Å². The smallest absolute Gasteiger partial charge is 0.132 e. The molecule has 4 heteroatoms. The zero-order chi connectivity index (χ0) is 13.7. The lowest BCUT2D eigenvalue weighted by atomic mass is 10.1. The summed E-state index contributed by atoms with van der Waals surface area (Å²) in [6.45, 7) is 1.91. The van der Waals surface area contributed by atoms with Crippen molar-refractivity contribution in [2.45, 2.75) is 19.3 Å².